The first-order valence-electron chi connectivity index (χ1n) is 7.07. The summed E-state index contributed by atoms with van der Waals surface area (Å²) in [4.78, 5) is 0. The topological polar surface area (TPSA) is 35.8 Å². The van der Waals surface area contributed by atoms with Crippen LogP contribution in [0.3, 0.4) is 0 Å². The summed E-state index contributed by atoms with van der Waals surface area (Å²) in [5.41, 5.74) is 0.868. The van der Waals surface area contributed by atoms with Gasteiger partial charge in [-0.2, -0.15) is 5.26 Å². The Morgan fingerprint density at radius 2 is 2.12 bits per heavy atom. The van der Waals surface area contributed by atoms with Crippen LogP contribution in [0.4, 0.5) is 0 Å². The number of hydrogen-bond donors (Lipinski definition) is 1. The number of rotatable bonds is 4. The molecule has 96 valence electrons. The summed E-state index contributed by atoms with van der Waals surface area (Å²) in [6.45, 7) is 9.45. The quantitative estimate of drug-likeness (QED) is 0.808. The maximum atomic E-state index is 8.88. The minimum absolute atomic E-state index is 0.375. The molecule has 2 nitrogen and oxygen atoms in total. The van der Waals surface area contributed by atoms with E-state index < -0.39 is 0 Å². The molecule has 0 spiro atoms. The van der Waals surface area contributed by atoms with Crippen molar-refractivity contribution in [1.29, 1.82) is 5.26 Å². The van der Waals surface area contributed by atoms with Gasteiger partial charge in [0.1, 0.15) is 0 Å². The minimum Gasteiger partial charge on any atom is -0.309 e. The molecule has 2 fully saturated rings. The normalized spacial score (nSPS) is 40.2. The molecule has 2 aliphatic carbocycles. The molecule has 0 aromatic heterocycles. The number of hydrogen-bond acceptors (Lipinski definition) is 2. The molecular formula is C15H26N2. The van der Waals surface area contributed by atoms with Gasteiger partial charge in [-0.15, -0.1) is 0 Å². The molecule has 0 aromatic rings. The highest BCUT2D eigenvalue weighted by molar-refractivity contribution is 5.12. The Hall–Kier alpha value is -0.550. The Balaban J connectivity index is 2.12. The third-order valence-corrected chi connectivity index (χ3v) is 5.50. The zero-order valence-corrected chi connectivity index (χ0v) is 11.7. The van der Waals surface area contributed by atoms with Crippen molar-refractivity contribution in [2.24, 2.45) is 16.7 Å². The minimum atomic E-state index is 0.375. The summed E-state index contributed by atoms with van der Waals surface area (Å²) in [7, 11) is 0. The molecule has 1 N–H and O–H groups in total. The average molecular weight is 234 g/mol. The fourth-order valence-corrected chi connectivity index (χ4v) is 4.39. The largest absolute Gasteiger partial charge is 0.309 e. The van der Waals surface area contributed by atoms with E-state index in [1.807, 2.05) is 0 Å². The van der Waals surface area contributed by atoms with E-state index in [4.69, 9.17) is 5.26 Å². The molecule has 0 radical (unpaired) electrons. The number of nitrogens with one attached hydrogen (secondary N) is 1. The number of nitriles is 1. The van der Waals surface area contributed by atoms with Gasteiger partial charge >= 0.3 is 0 Å². The van der Waals surface area contributed by atoms with Crippen molar-refractivity contribution < 1.29 is 0 Å². The monoisotopic (exact) mass is 234 g/mol. The van der Waals surface area contributed by atoms with Gasteiger partial charge in [0, 0.05) is 12.1 Å². The molecule has 0 amide bonds. The fraction of sp³-hybridized carbons (Fsp3) is 0.933. The zero-order valence-electron chi connectivity index (χ0n) is 11.7. The van der Waals surface area contributed by atoms with Crippen molar-refractivity contribution in [2.45, 2.75) is 71.9 Å². The van der Waals surface area contributed by atoms with Gasteiger partial charge in [0.15, 0.2) is 0 Å². The van der Waals surface area contributed by atoms with Gasteiger partial charge in [0.05, 0.1) is 12.5 Å². The fourth-order valence-electron chi connectivity index (χ4n) is 4.39. The second-order valence-corrected chi connectivity index (χ2v) is 6.98. The van der Waals surface area contributed by atoms with Gasteiger partial charge in [-0.1, -0.05) is 27.7 Å². The summed E-state index contributed by atoms with van der Waals surface area (Å²) in [5, 5.41) is 12.7. The molecule has 2 rings (SSSR count). The number of nitrogens with zero attached hydrogens (tertiary/aromatic N) is 1. The summed E-state index contributed by atoms with van der Waals surface area (Å²) < 4.78 is 0. The molecule has 2 saturated carbocycles. The van der Waals surface area contributed by atoms with E-state index in [9.17, 15) is 0 Å². The molecule has 0 saturated heterocycles. The van der Waals surface area contributed by atoms with Crippen LogP contribution in [0.25, 0.3) is 0 Å². The van der Waals surface area contributed by atoms with Gasteiger partial charge in [0.25, 0.3) is 0 Å². The molecule has 2 aliphatic rings. The lowest BCUT2D eigenvalue weighted by molar-refractivity contribution is 0.0981. The third kappa shape index (κ3) is 1.99. The summed E-state index contributed by atoms with van der Waals surface area (Å²) in [6.07, 6.45) is 5.84. The van der Waals surface area contributed by atoms with Crippen LogP contribution in [0.1, 0.15) is 59.8 Å². The molecule has 4 atom stereocenters. The van der Waals surface area contributed by atoms with Crippen LogP contribution >= 0.6 is 0 Å². The Labute approximate surface area is 106 Å². The Morgan fingerprint density at radius 1 is 1.41 bits per heavy atom. The standard InChI is InChI=1S/C15H26N2/c1-5-12(7-9-16)17-13-14(2,3)11-6-8-15(13,4)10-11/h11-13,17H,5-8,10H2,1-4H3/t11-,12?,13?,15+/m0/s1. The lowest BCUT2D eigenvalue weighted by atomic mass is 9.68. The lowest BCUT2D eigenvalue weighted by Gasteiger charge is -2.44. The van der Waals surface area contributed by atoms with Crippen molar-refractivity contribution in [1.82, 2.24) is 5.32 Å². The van der Waals surface area contributed by atoms with Crippen LogP contribution in [0, 0.1) is 28.1 Å². The van der Waals surface area contributed by atoms with Crippen molar-refractivity contribution in [3.05, 3.63) is 0 Å². The van der Waals surface area contributed by atoms with Crippen LogP contribution in [-0.4, -0.2) is 12.1 Å². The molecule has 2 heteroatoms. The Morgan fingerprint density at radius 3 is 2.59 bits per heavy atom. The summed E-state index contributed by atoms with van der Waals surface area (Å²) in [5.74, 6) is 0.879. The second kappa shape index (κ2) is 4.28. The number of fused-ring (bicyclic) bond motifs is 2. The van der Waals surface area contributed by atoms with Crippen LogP contribution in [0.15, 0.2) is 0 Å². The van der Waals surface area contributed by atoms with E-state index >= 15 is 0 Å². The summed E-state index contributed by atoms with van der Waals surface area (Å²) >= 11 is 0. The Bertz CT molecular complexity index is 324. The predicted molar refractivity (Wildman–Crippen MR) is 70.5 cm³/mol. The van der Waals surface area contributed by atoms with Crippen LogP contribution < -0.4 is 5.32 Å². The highest BCUT2D eigenvalue weighted by Crippen LogP contribution is 2.62. The van der Waals surface area contributed by atoms with E-state index in [1.54, 1.807) is 0 Å². The molecule has 2 unspecified atom stereocenters. The maximum Gasteiger partial charge on any atom is 0.0638 e. The molecule has 17 heavy (non-hydrogen) atoms. The van der Waals surface area contributed by atoms with Crippen LogP contribution in [0.5, 0.6) is 0 Å². The highest BCUT2D eigenvalue weighted by atomic mass is 15.0. The zero-order chi connectivity index (χ0) is 12.7. The Kier molecular flexibility index (Phi) is 3.25. The van der Waals surface area contributed by atoms with E-state index in [0.717, 1.165) is 12.3 Å². The van der Waals surface area contributed by atoms with Crippen molar-refractivity contribution in [3.63, 3.8) is 0 Å². The van der Waals surface area contributed by atoms with Crippen LogP contribution in [-0.2, 0) is 0 Å². The SMILES string of the molecule is CCC(CC#N)NC1C(C)(C)[C@H]2CC[C@]1(C)C2. The molecule has 2 bridgehead atoms. The first-order chi connectivity index (χ1) is 7.94. The van der Waals surface area contributed by atoms with E-state index in [-0.39, 0.29) is 0 Å². The van der Waals surface area contributed by atoms with Crippen molar-refractivity contribution in [3.8, 4) is 6.07 Å². The summed E-state index contributed by atoms with van der Waals surface area (Å²) in [6, 6.07) is 3.28. The lowest BCUT2D eigenvalue weighted by Crippen LogP contribution is -2.53. The van der Waals surface area contributed by atoms with E-state index in [2.05, 4.69) is 39.1 Å². The smallest absolute Gasteiger partial charge is 0.0638 e. The highest BCUT2D eigenvalue weighted by Gasteiger charge is 2.59. The molecular weight excluding hydrogens is 208 g/mol. The molecule has 0 aromatic carbocycles. The maximum absolute atomic E-state index is 8.88. The predicted octanol–water partition coefficient (Wildman–Crippen LogP) is 3.48. The van der Waals surface area contributed by atoms with Gasteiger partial charge in [-0.05, 0) is 42.4 Å². The first-order valence-corrected chi connectivity index (χ1v) is 7.07. The van der Waals surface area contributed by atoms with Gasteiger partial charge in [-0.25, -0.2) is 0 Å². The van der Waals surface area contributed by atoms with Crippen molar-refractivity contribution >= 4 is 0 Å². The van der Waals surface area contributed by atoms with Crippen LogP contribution in [0.2, 0.25) is 0 Å². The van der Waals surface area contributed by atoms with Gasteiger partial charge in [-0.3, -0.25) is 0 Å². The van der Waals surface area contributed by atoms with E-state index in [0.29, 0.717) is 29.3 Å². The molecule has 0 heterocycles. The second-order valence-electron chi connectivity index (χ2n) is 6.98. The first kappa shape index (κ1) is 12.9. The van der Waals surface area contributed by atoms with Gasteiger partial charge in [0.2, 0.25) is 0 Å². The third-order valence-electron chi connectivity index (χ3n) is 5.50. The van der Waals surface area contributed by atoms with E-state index in [1.165, 1.54) is 19.3 Å². The van der Waals surface area contributed by atoms with Gasteiger partial charge < -0.3 is 5.32 Å². The average Bonchev–Trinajstić information content (AvgIpc) is 2.74. The molecule has 0 aliphatic heterocycles. The van der Waals surface area contributed by atoms with Crippen molar-refractivity contribution in [2.75, 3.05) is 0 Å².